The Bertz CT molecular complexity index is 1660. The van der Waals surface area contributed by atoms with Crippen molar-refractivity contribution < 1.29 is 23.8 Å². The van der Waals surface area contributed by atoms with E-state index in [1.807, 2.05) is 24.3 Å². The van der Waals surface area contributed by atoms with E-state index in [1.54, 1.807) is 30.3 Å². The van der Waals surface area contributed by atoms with Gasteiger partial charge in [0.1, 0.15) is 18.2 Å². The minimum Gasteiger partial charge on any atom is -0.478 e. The van der Waals surface area contributed by atoms with Gasteiger partial charge in [-0.15, -0.1) is 0 Å². The van der Waals surface area contributed by atoms with Gasteiger partial charge in [-0.2, -0.15) is 5.26 Å². The number of nitrogens with zero attached hydrogens (tertiary/aromatic N) is 4. The van der Waals surface area contributed by atoms with E-state index in [0.717, 1.165) is 67.7 Å². The van der Waals surface area contributed by atoms with Crippen LogP contribution in [0.25, 0.3) is 11.0 Å². The monoisotopic (exact) mass is 568 g/mol. The Labute approximate surface area is 243 Å². The topological polar surface area (TPSA) is 110 Å². The fourth-order valence-electron chi connectivity index (χ4n) is 6.30. The van der Waals surface area contributed by atoms with Crippen LogP contribution in [0.2, 0.25) is 0 Å². The molecule has 1 aliphatic carbocycles. The number of hydrogen-bond acceptors (Lipinski definition) is 6. The molecule has 0 radical (unpaired) electrons. The van der Waals surface area contributed by atoms with Gasteiger partial charge in [0.25, 0.3) is 0 Å². The van der Waals surface area contributed by atoms with E-state index < -0.39 is 11.8 Å². The first kappa shape index (κ1) is 27.9. The molecular weight excluding hydrogens is 535 g/mol. The predicted molar refractivity (Wildman–Crippen MR) is 154 cm³/mol. The van der Waals surface area contributed by atoms with E-state index >= 15 is 0 Å². The molecule has 4 aromatic rings. The van der Waals surface area contributed by atoms with Gasteiger partial charge < -0.3 is 19.1 Å². The van der Waals surface area contributed by atoms with Crippen molar-refractivity contribution in [2.75, 3.05) is 6.61 Å². The number of halogens is 1. The molecule has 9 heteroatoms. The lowest BCUT2D eigenvalue weighted by Gasteiger charge is -2.40. The third-order valence-electron chi connectivity index (χ3n) is 8.99. The van der Waals surface area contributed by atoms with Crippen molar-refractivity contribution >= 4 is 17.0 Å². The minimum atomic E-state index is -0.947. The molecule has 6 rings (SSSR count). The van der Waals surface area contributed by atoms with Crippen LogP contribution in [0.4, 0.5) is 4.39 Å². The van der Waals surface area contributed by atoms with Crippen molar-refractivity contribution in [2.24, 2.45) is 0 Å². The summed E-state index contributed by atoms with van der Waals surface area (Å²) in [5.74, 6) is 0.303. The molecule has 1 saturated carbocycles. The zero-order valence-corrected chi connectivity index (χ0v) is 23.6. The molecule has 2 fully saturated rings. The molecule has 1 aliphatic heterocycles. The van der Waals surface area contributed by atoms with E-state index in [4.69, 9.17) is 24.7 Å². The van der Waals surface area contributed by atoms with E-state index in [0.29, 0.717) is 18.0 Å². The highest BCUT2D eigenvalue weighted by Crippen LogP contribution is 2.47. The molecule has 0 bridgehead atoms. The Morgan fingerprint density at radius 3 is 2.64 bits per heavy atom. The van der Waals surface area contributed by atoms with E-state index in [9.17, 15) is 14.3 Å². The van der Waals surface area contributed by atoms with Gasteiger partial charge in [0, 0.05) is 35.3 Å². The molecule has 1 unspecified atom stereocenters. The highest BCUT2D eigenvalue weighted by Gasteiger charge is 2.40. The third-order valence-corrected chi connectivity index (χ3v) is 8.99. The minimum absolute atomic E-state index is 0.0299. The number of hydrogen-bond donors (Lipinski definition) is 1. The summed E-state index contributed by atoms with van der Waals surface area (Å²) in [4.78, 5) is 21.6. The van der Waals surface area contributed by atoms with Crippen LogP contribution in [0.1, 0.15) is 84.4 Å². The fourth-order valence-corrected chi connectivity index (χ4v) is 6.30. The number of rotatable bonds is 9. The Morgan fingerprint density at radius 1 is 1.17 bits per heavy atom. The third kappa shape index (κ3) is 5.35. The van der Waals surface area contributed by atoms with Crippen LogP contribution in [-0.4, -0.2) is 38.3 Å². The summed E-state index contributed by atoms with van der Waals surface area (Å²) < 4.78 is 28.1. The molecular formula is C33H33FN4O4. The molecule has 2 aromatic heterocycles. The highest BCUT2D eigenvalue weighted by molar-refractivity contribution is 5.92. The van der Waals surface area contributed by atoms with Gasteiger partial charge in [-0.25, -0.2) is 19.2 Å². The number of pyridine rings is 1. The largest absolute Gasteiger partial charge is 0.478 e. The number of nitriles is 1. The molecule has 0 amide bonds. The van der Waals surface area contributed by atoms with Crippen molar-refractivity contribution in [2.45, 2.75) is 76.0 Å². The van der Waals surface area contributed by atoms with Gasteiger partial charge in [0.15, 0.2) is 0 Å². The van der Waals surface area contributed by atoms with E-state index in [1.165, 1.54) is 6.07 Å². The van der Waals surface area contributed by atoms with Crippen molar-refractivity contribution in [3.63, 3.8) is 0 Å². The zero-order valence-electron chi connectivity index (χ0n) is 23.6. The summed E-state index contributed by atoms with van der Waals surface area (Å²) in [6.45, 7) is 3.66. The lowest BCUT2D eigenvalue weighted by molar-refractivity contribution is -0.0595. The van der Waals surface area contributed by atoms with Crippen molar-refractivity contribution in [1.82, 2.24) is 14.5 Å². The molecule has 3 heterocycles. The normalized spacial score (nSPS) is 21.9. The number of ether oxygens (including phenoxy) is 2. The summed E-state index contributed by atoms with van der Waals surface area (Å²) >= 11 is 0. The first-order valence-corrected chi connectivity index (χ1v) is 14.5. The Balaban J connectivity index is 1.21. The molecule has 1 atom stereocenters. The number of imidazole rings is 1. The summed E-state index contributed by atoms with van der Waals surface area (Å²) in [6.07, 6.45) is 5.74. The van der Waals surface area contributed by atoms with Crippen LogP contribution >= 0.6 is 0 Å². The first-order valence-electron chi connectivity index (χ1n) is 14.5. The molecule has 42 heavy (non-hydrogen) atoms. The molecule has 2 aliphatic rings. The summed E-state index contributed by atoms with van der Waals surface area (Å²) in [5.41, 5.74) is 3.39. The predicted octanol–water partition coefficient (Wildman–Crippen LogP) is 6.51. The van der Waals surface area contributed by atoms with Crippen LogP contribution in [0, 0.1) is 17.1 Å². The number of aromatic carboxylic acids is 1. The Kier molecular flexibility index (Phi) is 7.65. The number of benzene rings is 2. The molecule has 0 spiro atoms. The first-order chi connectivity index (χ1) is 20.4. The van der Waals surface area contributed by atoms with E-state index in [2.05, 4.69) is 11.5 Å². The second-order valence-corrected chi connectivity index (χ2v) is 11.4. The van der Waals surface area contributed by atoms with Gasteiger partial charge >= 0.3 is 5.97 Å². The van der Waals surface area contributed by atoms with Crippen LogP contribution in [0.15, 0.2) is 54.6 Å². The zero-order chi connectivity index (χ0) is 29.3. The smallest absolute Gasteiger partial charge is 0.335 e. The quantitative estimate of drug-likeness (QED) is 0.245. The van der Waals surface area contributed by atoms with E-state index in [-0.39, 0.29) is 35.2 Å². The second-order valence-electron chi connectivity index (χ2n) is 11.4. The van der Waals surface area contributed by atoms with Crippen LogP contribution in [-0.2, 0) is 23.3 Å². The number of fused-ring (bicyclic) bond motifs is 1. The molecule has 216 valence electrons. The molecule has 1 N–H and O–H groups in total. The highest BCUT2D eigenvalue weighted by atomic mass is 19.1. The maximum Gasteiger partial charge on any atom is 0.335 e. The van der Waals surface area contributed by atoms with Crippen molar-refractivity contribution in [1.29, 1.82) is 5.26 Å². The van der Waals surface area contributed by atoms with Crippen LogP contribution < -0.4 is 4.74 Å². The Hall–Kier alpha value is -4.29. The summed E-state index contributed by atoms with van der Waals surface area (Å²) in [5, 5.41) is 18.6. The van der Waals surface area contributed by atoms with Crippen molar-refractivity contribution in [3.8, 4) is 11.9 Å². The summed E-state index contributed by atoms with van der Waals surface area (Å²) in [7, 11) is 0. The summed E-state index contributed by atoms with van der Waals surface area (Å²) in [6, 6.07) is 17.2. The van der Waals surface area contributed by atoms with Gasteiger partial charge in [-0.3, -0.25) is 0 Å². The molecule has 8 nitrogen and oxygen atoms in total. The number of aromatic nitrogens is 3. The fraction of sp³-hybridized carbons (Fsp3) is 0.394. The number of carboxylic acids is 1. The molecule has 2 aromatic carbocycles. The van der Waals surface area contributed by atoms with Crippen LogP contribution in [0.5, 0.6) is 5.88 Å². The number of carbonyl (C=O) groups is 1. The lowest BCUT2D eigenvalue weighted by atomic mass is 9.67. The van der Waals surface area contributed by atoms with Gasteiger partial charge in [-0.1, -0.05) is 19.1 Å². The average molecular weight is 569 g/mol. The van der Waals surface area contributed by atoms with Gasteiger partial charge in [0.05, 0.1) is 40.9 Å². The number of carboxylic acid groups (broad SMARTS) is 1. The van der Waals surface area contributed by atoms with Crippen LogP contribution in [0.3, 0.4) is 0 Å². The van der Waals surface area contributed by atoms with Gasteiger partial charge in [0.2, 0.25) is 5.88 Å². The Morgan fingerprint density at radius 2 is 1.98 bits per heavy atom. The SMILES string of the molecule is CCC1(c2nc3ccc(C(=O)O)cc3n2CC2CCO2)CCC(c2cccc(OCc3ccc(C#N)cc3F)n2)CC1. The maximum atomic E-state index is 14.3. The van der Waals surface area contributed by atoms with Crippen molar-refractivity contribution in [3.05, 3.63) is 88.6 Å². The average Bonchev–Trinajstić information content (AvgIpc) is 3.36. The maximum absolute atomic E-state index is 14.3. The standard InChI is InChI=1S/C33H33FN4O4/c1-2-33(32-37-28-9-8-23(31(39)40)17-29(28)38(32)19-25-12-15-41-25)13-10-22(11-14-33)27-4-3-5-30(36-27)42-20-24-7-6-21(18-35)16-26(24)34/h3-9,16-17,22,25H,2,10-15,19-20H2,1H3,(H,39,40). The lowest BCUT2D eigenvalue weighted by Crippen LogP contribution is -2.37. The molecule has 1 saturated heterocycles. The van der Waals surface area contributed by atoms with Gasteiger partial charge in [-0.05, 0) is 74.9 Å². The second kappa shape index (κ2) is 11.5.